The van der Waals surface area contributed by atoms with E-state index >= 15 is 0 Å². The Bertz CT molecular complexity index is 610. The summed E-state index contributed by atoms with van der Waals surface area (Å²) in [5.74, 6) is 0. The Hall–Kier alpha value is -1.12. The molecule has 0 bridgehead atoms. The van der Waals surface area contributed by atoms with Gasteiger partial charge in [0.05, 0.1) is 0 Å². The second-order valence-corrected chi connectivity index (χ2v) is 4.75. The predicted octanol–water partition coefficient (Wildman–Crippen LogP) is 2.11. The van der Waals surface area contributed by atoms with Crippen LogP contribution in [0.1, 0.15) is 0 Å². The minimum absolute atomic E-state index is 1.23. The van der Waals surface area contributed by atoms with E-state index in [1.165, 1.54) is 25.9 Å². The molecule has 0 amide bonds. The molecule has 64 valence electrons. The summed E-state index contributed by atoms with van der Waals surface area (Å²) in [6, 6.07) is 14.9. The van der Waals surface area contributed by atoms with Crippen LogP contribution in [0.2, 0.25) is 0 Å². The summed E-state index contributed by atoms with van der Waals surface area (Å²) in [6.07, 6.45) is 0. The minimum atomic E-state index is 1.23. The van der Waals surface area contributed by atoms with Gasteiger partial charge in [-0.1, -0.05) is 0 Å². The van der Waals surface area contributed by atoms with E-state index in [4.69, 9.17) is 0 Å². The van der Waals surface area contributed by atoms with Crippen molar-refractivity contribution in [2.45, 2.75) is 0 Å². The topological polar surface area (TPSA) is 15.8 Å². The molecule has 1 aromatic heterocycles. The average Bonchev–Trinajstić information content (AvgIpc) is 2.59. The Morgan fingerprint density at radius 3 is 2.57 bits per heavy atom. The molecule has 1 nitrogen and oxygen atoms in total. The number of H-pyrrole nitrogens is 1. The van der Waals surface area contributed by atoms with Gasteiger partial charge in [0.2, 0.25) is 0 Å². The Kier molecular flexibility index (Phi) is 1.72. The molecule has 1 heterocycles. The first kappa shape index (κ1) is 8.21. The second-order valence-electron chi connectivity index (χ2n) is 3.44. The van der Waals surface area contributed by atoms with Crippen LogP contribution in [-0.4, -0.2) is 23.6 Å². The van der Waals surface area contributed by atoms with Crippen LogP contribution in [0.25, 0.3) is 21.8 Å². The van der Waals surface area contributed by atoms with Crippen LogP contribution < -0.4 is 4.12 Å². The second kappa shape index (κ2) is 2.94. The van der Waals surface area contributed by atoms with Crippen LogP contribution in [0.3, 0.4) is 0 Å². The van der Waals surface area contributed by atoms with Gasteiger partial charge in [0, 0.05) is 0 Å². The van der Waals surface area contributed by atoms with Gasteiger partial charge >= 0.3 is 92.0 Å². The molecule has 3 rings (SSSR count). The van der Waals surface area contributed by atoms with E-state index in [0.29, 0.717) is 0 Å². The third kappa shape index (κ3) is 1.04. The van der Waals surface area contributed by atoms with Crippen molar-refractivity contribution < 1.29 is 0 Å². The fourth-order valence-electron chi connectivity index (χ4n) is 1.90. The van der Waals surface area contributed by atoms with E-state index in [-0.39, 0.29) is 0 Å². The number of aromatic nitrogens is 1. The van der Waals surface area contributed by atoms with Crippen molar-refractivity contribution >= 4 is 44.5 Å². The van der Waals surface area contributed by atoms with Crippen LogP contribution in [0, 0.1) is 0 Å². The zero-order valence-electron chi connectivity index (χ0n) is 7.62. The van der Waals surface area contributed by atoms with Gasteiger partial charge in [-0.05, 0) is 0 Å². The van der Waals surface area contributed by atoms with Gasteiger partial charge in [0.25, 0.3) is 0 Å². The average molecular weight is 236 g/mol. The molecule has 0 unspecified atom stereocenters. The van der Waals surface area contributed by atoms with Crippen molar-refractivity contribution in [2.75, 3.05) is 0 Å². The number of nitrogens with one attached hydrogen (secondary N) is 1. The molecular weight excluding hydrogens is 228 g/mol. The van der Waals surface area contributed by atoms with E-state index in [1.54, 1.807) is 18.6 Å². The van der Waals surface area contributed by atoms with Crippen molar-refractivity contribution in [1.29, 1.82) is 0 Å². The van der Waals surface area contributed by atoms with Gasteiger partial charge in [-0.25, -0.2) is 0 Å². The molecule has 2 heteroatoms. The van der Waals surface area contributed by atoms with E-state index in [2.05, 4.69) is 47.4 Å². The first-order valence-electron chi connectivity index (χ1n) is 4.61. The van der Waals surface area contributed by atoms with Gasteiger partial charge in [-0.3, -0.25) is 0 Å². The molecule has 0 saturated heterocycles. The Labute approximate surface area is 92.0 Å². The normalized spacial score (nSPS) is 11.1. The standard InChI is InChI=1S/C12H8N.Ga/c1-3-7-11-9(5-1)10-6-2-4-8-12(10)13-11;/h1-7,13H;. The van der Waals surface area contributed by atoms with E-state index in [0.717, 1.165) is 0 Å². The van der Waals surface area contributed by atoms with E-state index in [1.807, 2.05) is 0 Å². The third-order valence-corrected chi connectivity index (χ3v) is 3.58. The zero-order valence-corrected chi connectivity index (χ0v) is 10.0. The molecule has 0 aliphatic carbocycles. The fraction of sp³-hybridized carbons (Fsp3) is 0. The van der Waals surface area contributed by atoms with Crippen molar-refractivity contribution in [1.82, 2.24) is 4.98 Å². The van der Waals surface area contributed by atoms with E-state index in [9.17, 15) is 0 Å². The first-order chi connectivity index (χ1) is 6.86. The molecule has 0 spiro atoms. The number of rotatable bonds is 0. The summed E-state index contributed by atoms with van der Waals surface area (Å²) in [6.45, 7) is 0. The molecule has 0 saturated carbocycles. The number of aromatic amines is 1. The first-order valence-corrected chi connectivity index (χ1v) is 5.82. The quantitative estimate of drug-likeness (QED) is 0.575. The maximum absolute atomic E-state index is 3.46. The van der Waals surface area contributed by atoms with Gasteiger partial charge in [-0.2, -0.15) is 0 Å². The summed E-state index contributed by atoms with van der Waals surface area (Å²) < 4.78 is 1.37. The van der Waals surface area contributed by atoms with Crippen molar-refractivity contribution in [2.24, 2.45) is 0 Å². The Morgan fingerprint density at radius 2 is 1.64 bits per heavy atom. The zero-order chi connectivity index (χ0) is 9.54. The van der Waals surface area contributed by atoms with Crippen LogP contribution in [0.5, 0.6) is 0 Å². The van der Waals surface area contributed by atoms with Crippen LogP contribution in [-0.2, 0) is 0 Å². The number of hydrogen-bond acceptors (Lipinski definition) is 0. The van der Waals surface area contributed by atoms with Gasteiger partial charge in [-0.15, -0.1) is 0 Å². The SMILES string of the molecule is [Ga][c]1cccc2c1[nH]c1ccccc12. The molecule has 0 fully saturated rings. The number of fused-ring (bicyclic) bond motifs is 3. The molecule has 0 aliphatic heterocycles. The fourth-order valence-corrected chi connectivity index (χ4v) is 2.61. The Balaban J connectivity index is 2.63. The summed E-state index contributed by atoms with van der Waals surface area (Å²) in [4.78, 5) is 3.46. The van der Waals surface area contributed by atoms with Crippen molar-refractivity contribution in [3.8, 4) is 0 Å². The predicted molar refractivity (Wildman–Crippen MR) is 61.2 cm³/mol. The number of hydrogen-bond donors (Lipinski definition) is 1. The van der Waals surface area contributed by atoms with Crippen molar-refractivity contribution in [3.05, 3.63) is 42.5 Å². The molecule has 3 aromatic rings. The summed E-state index contributed by atoms with van der Waals surface area (Å²) in [7, 11) is 0. The summed E-state index contributed by atoms with van der Waals surface area (Å²) >= 11 is 1.67. The molecule has 2 radical (unpaired) electrons. The third-order valence-electron chi connectivity index (χ3n) is 2.57. The molecule has 14 heavy (non-hydrogen) atoms. The van der Waals surface area contributed by atoms with Gasteiger partial charge in [0.1, 0.15) is 0 Å². The van der Waals surface area contributed by atoms with Crippen molar-refractivity contribution in [3.63, 3.8) is 0 Å². The molecule has 0 aliphatic rings. The monoisotopic (exact) mass is 235 g/mol. The molecule has 2 aromatic carbocycles. The molecule has 1 N–H and O–H groups in total. The maximum atomic E-state index is 3.46. The summed E-state index contributed by atoms with van der Waals surface area (Å²) in [5, 5.41) is 2.66. The van der Waals surface area contributed by atoms with E-state index < -0.39 is 0 Å². The summed E-state index contributed by atoms with van der Waals surface area (Å²) in [5.41, 5.74) is 2.52. The number of benzene rings is 2. The van der Waals surface area contributed by atoms with Gasteiger partial charge < -0.3 is 0 Å². The Morgan fingerprint density at radius 1 is 0.857 bits per heavy atom. The van der Waals surface area contributed by atoms with Crippen LogP contribution in [0.4, 0.5) is 0 Å². The van der Waals surface area contributed by atoms with Crippen LogP contribution in [0.15, 0.2) is 42.5 Å². The molecular formula is C12H8GaN. The number of para-hydroxylation sites is 2. The van der Waals surface area contributed by atoms with Gasteiger partial charge in [0.15, 0.2) is 0 Å². The molecule has 0 atom stereocenters. The van der Waals surface area contributed by atoms with Crippen LogP contribution >= 0.6 is 0 Å².